The molecule has 2 heteroatoms. The Balaban J connectivity index is 2.72. The molecule has 2 nitrogen and oxygen atoms in total. The van der Waals surface area contributed by atoms with Gasteiger partial charge in [0.1, 0.15) is 0 Å². The van der Waals surface area contributed by atoms with Gasteiger partial charge < -0.3 is 10.5 Å². The zero-order valence-corrected chi connectivity index (χ0v) is 11.0. The number of ether oxygens (including phenoxy) is 1. The third kappa shape index (κ3) is 2.73. The Labute approximate surface area is 94.6 Å². The highest BCUT2D eigenvalue weighted by molar-refractivity contribution is 4.98. The Morgan fingerprint density at radius 3 is 1.87 bits per heavy atom. The SMILES string of the molecule is COC1(C(N)C(C)C)CCC(C)(C)CC1. The van der Waals surface area contributed by atoms with Gasteiger partial charge in [-0.25, -0.2) is 0 Å². The topological polar surface area (TPSA) is 35.2 Å². The summed E-state index contributed by atoms with van der Waals surface area (Å²) < 4.78 is 5.77. The molecule has 2 N–H and O–H groups in total. The summed E-state index contributed by atoms with van der Waals surface area (Å²) in [7, 11) is 1.82. The van der Waals surface area contributed by atoms with E-state index in [1.54, 1.807) is 0 Å². The molecule has 0 aromatic carbocycles. The molecule has 1 atom stereocenters. The molecule has 0 aromatic rings. The van der Waals surface area contributed by atoms with Gasteiger partial charge in [-0.15, -0.1) is 0 Å². The summed E-state index contributed by atoms with van der Waals surface area (Å²) in [6.45, 7) is 9.05. The predicted molar refractivity (Wildman–Crippen MR) is 64.8 cm³/mol. The molecule has 90 valence electrons. The molecule has 0 radical (unpaired) electrons. The van der Waals surface area contributed by atoms with E-state index in [0.717, 1.165) is 12.8 Å². The van der Waals surface area contributed by atoms with Crippen molar-refractivity contribution in [2.45, 2.75) is 65.0 Å². The molecule has 0 heterocycles. The summed E-state index contributed by atoms with van der Waals surface area (Å²) in [6, 6.07) is 0.165. The van der Waals surface area contributed by atoms with Gasteiger partial charge in [-0.2, -0.15) is 0 Å². The van der Waals surface area contributed by atoms with Crippen LogP contribution in [0.1, 0.15) is 53.4 Å². The molecule has 1 unspecified atom stereocenters. The van der Waals surface area contributed by atoms with Crippen molar-refractivity contribution < 1.29 is 4.74 Å². The van der Waals surface area contributed by atoms with Crippen LogP contribution in [0.4, 0.5) is 0 Å². The van der Waals surface area contributed by atoms with Crippen LogP contribution in [-0.2, 0) is 4.74 Å². The van der Waals surface area contributed by atoms with Crippen LogP contribution in [0.5, 0.6) is 0 Å². The molecular weight excluding hydrogens is 186 g/mol. The van der Waals surface area contributed by atoms with E-state index in [1.807, 2.05) is 7.11 Å². The summed E-state index contributed by atoms with van der Waals surface area (Å²) in [4.78, 5) is 0. The van der Waals surface area contributed by atoms with Gasteiger partial charge in [0.05, 0.1) is 5.60 Å². The fourth-order valence-corrected chi connectivity index (χ4v) is 2.63. The maximum atomic E-state index is 6.30. The Bertz CT molecular complexity index is 201. The number of rotatable bonds is 3. The zero-order valence-electron chi connectivity index (χ0n) is 11.0. The van der Waals surface area contributed by atoms with Crippen LogP contribution in [0.25, 0.3) is 0 Å². The van der Waals surface area contributed by atoms with Crippen LogP contribution in [-0.4, -0.2) is 18.8 Å². The third-order valence-corrected chi connectivity index (χ3v) is 4.18. The largest absolute Gasteiger partial charge is 0.377 e. The highest BCUT2D eigenvalue weighted by Crippen LogP contribution is 2.43. The Kier molecular flexibility index (Phi) is 3.83. The minimum absolute atomic E-state index is 0.0658. The molecule has 0 amide bonds. The van der Waals surface area contributed by atoms with E-state index in [4.69, 9.17) is 10.5 Å². The molecule has 1 aliphatic rings. The number of nitrogens with two attached hydrogens (primary N) is 1. The van der Waals surface area contributed by atoms with E-state index in [2.05, 4.69) is 27.7 Å². The average molecular weight is 213 g/mol. The van der Waals surface area contributed by atoms with E-state index in [9.17, 15) is 0 Å². The van der Waals surface area contributed by atoms with Crippen LogP contribution in [0.2, 0.25) is 0 Å². The minimum Gasteiger partial charge on any atom is -0.377 e. The molecule has 0 aromatic heterocycles. The molecule has 15 heavy (non-hydrogen) atoms. The van der Waals surface area contributed by atoms with Crippen molar-refractivity contribution in [2.75, 3.05) is 7.11 Å². The Hall–Kier alpha value is -0.0800. The first-order valence-corrected chi connectivity index (χ1v) is 6.14. The van der Waals surface area contributed by atoms with Crippen molar-refractivity contribution in [2.24, 2.45) is 17.1 Å². The van der Waals surface area contributed by atoms with Crippen LogP contribution in [0.3, 0.4) is 0 Å². The maximum Gasteiger partial charge on any atom is 0.0831 e. The first-order chi connectivity index (χ1) is 6.83. The van der Waals surface area contributed by atoms with E-state index in [0.29, 0.717) is 11.3 Å². The van der Waals surface area contributed by atoms with Gasteiger partial charge in [-0.1, -0.05) is 27.7 Å². The fourth-order valence-electron chi connectivity index (χ4n) is 2.63. The van der Waals surface area contributed by atoms with Crippen molar-refractivity contribution in [1.82, 2.24) is 0 Å². The molecule has 1 rings (SSSR count). The van der Waals surface area contributed by atoms with Crippen LogP contribution >= 0.6 is 0 Å². The molecule has 1 aliphatic carbocycles. The van der Waals surface area contributed by atoms with Gasteiger partial charge in [0.25, 0.3) is 0 Å². The average Bonchev–Trinajstić information content (AvgIpc) is 2.18. The standard InChI is InChI=1S/C13H27NO/c1-10(2)11(14)13(15-5)8-6-12(3,4)7-9-13/h10-11H,6-9,14H2,1-5H3. The second kappa shape index (κ2) is 4.42. The summed E-state index contributed by atoms with van der Waals surface area (Å²) in [5, 5.41) is 0. The van der Waals surface area contributed by atoms with Crippen molar-refractivity contribution in [1.29, 1.82) is 0 Å². The molecule has 0 spiro atoms. The normalized spacial score (nSPS) is 26.6. The molecular formula is C13H27NO. The van der Waals surface area contributed by atoms with Crippen LogP contribution in [0, 0.1) is 11.3 Å². The van der Waals surface area contributed by atoms with Crippen molar-refractivity contribution in [3.63, 3.8) is 0 Å². The molecule has 0 saturated heterocycles. The highest BCUT2D eigenvalue weighted by Gasteiger charge is 2.43. The summed E-state index contributed by atoms with van der Waals surface area (Å²) in [5.74, 6) is 0.492. The van der Waals surface area contributed by atoms with Gasteiger partial charge in [0.2, 0.25) is 0 Å². The van der Waals surface area contributed by atoms with Gasteiger partial charge in [-0.3, -0.25) is 0 Å². The van der Waals surface area contributed by atoms with Gasteiger partial charge in [0.15, 0.2) is 0 Å². The summed E-state index contributed by atoms with van der Waals surface area (Å²) >= 11 is 0. The van der Waals surface area contributed by atoms with Gasteiger partial charge in [0, 0.05) is 13.2 Å². The van der Waals surface area contributed by atoms with Gasteiger partial charge >= 0.3 is 0 Å². The fraction of sp³-hybridized carbons (Fsp3) is 1.00. The van der Waals surface area contributed by atoms with E-state index in [-0.39, 0.29) is 11.6 Å². The van der Waals surface area contributed by atoms with Crippen LogP contribution in [0.15, 0.2) is 0 Å². The number of methoxy groups -OCH3 is 1. The molecule has 0 aliphatic heterocycles. The smallest absolute Gasteiger partial charge is 0.0831 e. The lowest BCUT2D eigenvalue weighted by Gasteiger charge is -2.47. The zero-order chi connectivity index (χ0) is 11.7. The number of hydrogen-bond donors (Lipinski definition) is 1. The lowest BCUT2D eigenvalue weighted by molar-refractivity contribution is -0.0869. The lowest BCUT2D eigenvalue weighted by atomic mass is 9.67. The quantitative estimate of drug-likeness (QED) is 0.782. The van der Waals surface area contributed by atoms with E-state index >= 15 is 0 Å². The summed E-state index contributed by atoms with van der Waals surface area (Å²) in [6.07, 6.45) is 4.66. The van der Waals surface area contributed by atoms with E-state index in [1.165, 1.54) is 12.8 Å². The van der Waals surface area contributed by atoms with Crippen molar-refractivity contribution in [3.05, 3.63) is 0 Å². The highest BCUT2D eigenvalue weighted by atomic mass is 16.5. The predicted octanol–water partition coefficient (Wildman–Crippen LogP) is 2.96. The van der Waals surface area contributed by atoms with Crippen molar-refractivity contribution >= 4 is 0 Å². The second-order valence-corrected chi connectivity index (χ2v) is 6.20. The van der Waals surface area contributed by atoms with E-state index < -0.39 is 0 Å². The molecule has 0 bridgehead atoms. The number of hydrogen-bond acceptors (Lipinski definition) is 2. The first-order valence-electron chi connectivity index (χ1n) is 6.14. The van der Waals surface area contributed by atoms with Crippen molar-refractivity contribution in [3.8, 4) is 0 Å². The first kappa shape index (κ1) is 13.0. The maximum absolute atomic E-state index is 6.30. The minimum atomic E-state index is -0.0658. The Morgan fingerprint density at radius 2 is 1.53 bits per heavy atom. The molecule has 1 saturated carbocycles. The second-order valence-electron chi connectivity index (χ2n) is 6.20. The van der Waals surface area contributed by atoms with Gasteiger partial charge in [-0.05, 0) is 37.0 Å². The lowest BCUT2D eigenvalue weighted by Crippen LogP contribution is -2.55. The van der Waals surface area contributed by atoms with Crippen LogP contribution < -0.4 is 5.73 Å². The monoisotopic (exact) mass is 213 g/mol. The summed E-state index contributed by atoms with van der Waals surface area (Å²) in [5.41, 5.74) is 6.71. The third-order valence-electron chi connectivity index (χ3n) is 4.18. The Morgan fingerprint density at radius 1 is 1.07 bits per heavy atom. The molecule has 1 fully saturated rings.